The molecule has 7 nitrogen and oxygen atoms in total. The molecular formula is C23H26F2N2O5S. The van der Waals surface area contributed by atoms with Crippen LogP contribution in [0.25, 0.3) is 0 Å². The first-order valence-corrected chi connectivity index (χ1v) is 12.0. The van der Waals surface area contributed by atoms with Crippen molar-refractivity contribution in [3.8, 4) is 0 Å². The van der Waals surface area contributed by atoms with E-state index in [1.165, 1.54) is 49.2 Å². The Morgan fingerprint density at radius 1 is 1.12 bits per heavy atom. The van der Waals surface area contributed by atoms with Gasteiger partial charge in [0.2, 0.25) is 10.0 Å². The second-order valence-corrected chi connectivity index (χ2v) is 9.92. The first-order valence-electron chi connectivity index (χ1n) is 10.5. The molecule has 1 amide bonds. The molecule has 0 saturated carbocycles. The van der Waals surface area contributed by atoms with Crippen molar-refractivity contribution in [1.82, 2.24) is 9.21 Å². The molecule has 1 fully saturated rings. The van der Waals surface area contributed by atoms with Crippen LogP contribution < -0.4 is 0 Å². The minimum absolute atomic E-state index is 0.0399. The maximum absolute atomic E-state index is 14.0. The predicted molar refractivity (Wildman–Crippen MR) is 116 cm³/mol. The van der Waals surface area contributed by atoms with Crippen LogP contribution in [0.2, 0.25) is 0 Å². The van der Waals surface area contributed by atoms with Crippen LogP contribution in [0.5, 0.6) is 0 Å². The van der Waals surface area contributed by atoms with Crippen molar-refractivity contribution >= 4 is 21.9 Å². The van der Waals surface area contributed by atoms with E-state index in [-0.39, 0.29) is 32.5 Å². The normalized spacial score (nSPS) is 16.2. The fourth-order valence-corrected chi connectivity index (χ4v) is 5.28. The first kappa shape index (κ1) is 24.8. The van der Waals surface area contributed by atoms with E-state index in [2.05, 4.69) is 0 Å². The van der Waals surface area contributed by atoms with Crippen LogP contribution in [-0.4, -0.2) is 55.7 Å². The number of rotatable bonds is 7. The van der Waals surface area contributed by atoms with E-state index in [0.717, 1.165) is 10.4 Å². The van der Waals surface area contributed by atoms with Gasteiger partial charge in [-0.05, 0) is 49.6 Å². The third kappa shape index (κ3) is 5.94. The van der Waals surface area contributed by atoms with E-state index in [0.29, 0.717) is 5.56 Å². The Morgan fingerprint density at radius 3 is 2.42 bits per heavy atom. The molecule has 1 aliphatic rings. The summed E-state index contributed by atoms with van der Waals surface area (Å²) in [6, 6.07) is 11.0. The Kier molecular flexibility index (Phi) is 7.80. The second kappa shape index (κ2) is 10.4. The first-order chi connectivity index (χ1) is 15.6. The number of halogens is 2. The van der Waals surface area contributed by atoms with Gasteiger partial charge in [-0.3, -0.25) is 9.59 Å². The summed E-state index contributed by atoms with van der Waals surface area (Å²) in [4.78, 5) is 26.1. The van der Waals surface area contributed by atoms with Crippen LogP contribution in [0.3, 0.4) is 0 Å². The summed E-state index contributed by atoms with van der Waals surface area (Å²) in [7, 11) is -2.47. The van der Waals surface area contributed by atoms with Crippen LogP contribution in [0.15, 0.2) is 53.4 Å². The van der Waals surface area contributed by atoms with Crippen molar-refractivity contribution < 1.29 is 31.5 Å². The van der Waals surface area contributed by atoms with Gasteiger partial charge in [0.05, 0.1) is 5.92 Å². The number of hydrogen-bond acceptors (Lipinski definition) is 5. The second-order valence-electron chi connectivity index (χ2n) is 8.01. The zero-order valence-corrected chi connectivity index (χ0v) is 19.2. The number of sulfonamides is 1. The number of amides is 1. The highest BCUT2D eigenvalue weighted by Crippen LogP contribution is 2.26. The number of benzene rings is 2. The summed E-state index contributed by atoms with van der Waals surface area (Å²) < 4.78 is 59.2. The number of likely N-dealkylation sites (N-methyl/N-ethyl adjacent to an activating group) is 1. The third-order valence-electron chi connectivity index (χ3n) is 5.57. The Hall–Kier alpha value is -2.85. The van der Waals surface area contributed by atoms with E-state index >= 15 is 0 Å². The molecule has 2 aromatic rings. The Morgan fingerprint density at radius 2 is 1.79 bits per heavy atom. The third-order valence-corrected chi connectivity index (χ3v) is 7.50. The summed E-state index contributed by atoms with van der Waals surface area (Å²) >= 11 is 0. The van der Waals surface area contributed by atoms with Gasteiger partial charge in [-0.25, -0.2) is 17.2 Å². The minimum Gasteiger partial charge on any atom is -0.452 e. The van der Waals surface area contributed by atoms with Crippen LogP contribution in [-0.2, 0) is 30.9 Å². The lowest BCUT2D eigenvalue weighted by atomic mass is 9.98. The summed E-state index contributed by atoms with van der Waals surface area (Å²) in [5.41, 5.74) is 0.604. The topological polar surface area (TPSA) is 84.0 Å². The highest BCUT2D eigenvalue weighted by atomic mass is 32.2. The molecule has 1 saturated heterocycles. The Labute approximate surface area is 192 Å². The van der Waals surface area contributed by atoms with Gasteiger partial charge in [0, 0.05) is 26.7 Å². The Bertz CT molecular complexity index is 1120. The molecule has 178 valence electrons. The van der Waals surface area contributed by atoms with Crippen LogP contribution in [0.1, 0.15) is 25.3 Å². The molecule has 0 N–H and O–H groups in total. The number of carbonyl (C=O) groups excluding carboxylic acids is 2. The molecule has 0 radical (unpaired) electrons. The van der Waals surface area contributed by atoms with E-state index in [1.807, 2.05) is 0 Å². The number of esters is 1. The molecule has 2 aromatic carbocycles. The van der Waals surface area contributed by atoms with Crippen molar-refractivity contribution in [2.45, 2.75) is 37.3 Å². The van der Waals surface area contributed by atoms with Crippen molar-refractivity contribution in [3.05, 3.63) is 65.7 Å². The van der Waals surface area contributed by atoms with Crippen LogP contribution in [0.4, 0.5) is 8.78 Å². The lowest BCUT2D eigenvalue weighted by Crippen LogP contribution is -2.42. The standard InChI is InChI=1S/C23H26F2N2O5S/c1-16(22(28)26(2)15-17-6-5-7-19(24)14-17)32-23(29)18-10-12-27(13-11-18)33(30,31)21-9-4-3-8-20(21)25/h3-9,14,16,18H,10-13,15H2,1-2H3. The quantitative estimate of drug-likeness (QED) is 0.569. The molecule has 33 heavy (non-hydrogen) atoms. The zero-order valence-electron chi connectivity index (χ0n) is 18.4. The van der Waals surface area contributed by atoms with Gasteiger partial charge in [-0.2, -0.15) is 4.31 Å². The number of ether oxygens (including phenoxy) is 1. The largest absolute Gasteiger partial charge is 0.452 e. The smallest absolute Gasteiger partial charge is 0.309 e. The molecule has 0 bridgehead atoms. The molecule has 0 aliphatic carbocycles. The molecule has 1 atom stereocenters. The average molecular weight is 481 g/mol. The van der Waals surface area contributed by atoms with Gasteiger partial charge in [0.15, 0.2) is 6.10 Å². The highest BCUT2D eigenvalue weighted by Gasteiger charge is 2.35. The molecule has 0 spiro atoms. The number of piperidine rings is 1. The maximum atomic E-state index is 14.0. The van der Waals surface area contributed by atoms with Crippen molar-refractivity contribution in [2.75, 3.05) is 20.1 Å². The zero-order chi connectivity index (χ0) is 24.2. The van der Waals surface area contributed by atoms with E-state index in [1.54, 1.807) is 12.1 Å². The monoisotopic (exact) mass is 480 g/mol. The van der Waals surface area contributed by atoms with Gasteiger partial charge < -0.3 is 9.64 Å². The van der Waals surface area contributed by atoms with E-state index in [4.69, 9.17) is 4.74 Å². The molecule has 1 heterocycles. The highest BCUT2D eigenvalue weighted by molar-refractivity contribution is 7.89. The van der Waals surface area contributed by atoms with Crippen molar-refractivity contribution in [2.24, 2.45) is 5.92 Å². The van der Waals surface area contributed by atoms with Gasteiger partial charge in [-0.15, -0.1) is 0 Å². The van der Waals surface area contributed by atoms with E-state index < -0.39 is 50.5 Å². The number of nitrogens with zero attached hydrogens (tertiary/aromatic N) is 2. The average Bonchev–Trinajstić information content (AvgIpc) is 2.78. The van der Waals surface area contributed by atoms with Crippen molar-refractivity contribution in [3.63, 3.8) is 0 Å². The summed E-state index contributed by atoms with van der Waals surface area (Å²) in [5, 5.41) is 0. The van der Waals surface area contributed by atoms with Crippen LogP contribution >= 0.6 is 0 Å². The molecule has 3 rings (SSSR count). The summed E-state index contributed by atoms with van der Waals surface area (Å²) in [5.74, 6) is -2.82. The molecular weight excluding hydrogens is 454 g/mol. The number of carbonyl (C=O) groups is 2. The van der Waals surface area contributed by atoms with Crippen LogP contribution in [0, 0.1) is 17.6 Å². The van der Waals surface area contributed by atoms with Gasteiger partial charge in [-0.1, -0.05) is 24.3 Å². The summed E-state index contributed by atoms with van der Waals surface area (Å²) in [6.45, 7) is 1.70. The lowest BCUT2D eigenvalue weighted by Gasteiger charge is -2.31. The molecule has 1 aliphatic heterocycles. The minimum atomic E-state index is -4.00. The fourth-order valence-electron chi connectivity index (χ4n) is 3.74. The van der Waals surface area contributed by atoms with E-state index in [9.17, 15) is 26.8 Å². The predicted octanol–water partition coefficient (Wildman–Crippen LogP) is 2.96. The van der Waals surface area contributed by atoms with Gasteiger partial charge in [0.1, 0.15) is 16.5 Å². The fraction of sp³-hybridized carbons (Fsp3) is 0.391. The molecule has 10 heteroatoms. The molecule has 1 unspecified atom stereocenters. The lowest BCUT2D eigenvalue weighted by molar-refractivity contribution is -0.163. The van der Waals surface area contributed by atoms with Crippen molar-refractivity contribution in [1.29, 1.82) is 0 Å². The Balaban J connectivity index is 1.53. The van der Waals surface area contributed by atoms with Gasteiger partial charge >= 0.3 is 5.97 Å². The SMILES string of the molecule is CC(OC(=O)C1CCN(S(=O)(=O)c2ccccc2F)CC1)C(=O)N(C)Cc1cccc(F)c1. The summed E-state index contributed by atoms with van der Waals surface area (Å²) in [6.07, 6.45) is -0.643. The molecule has 0 aromatic heterocycles. The maximum Gasteiger partial charge on any atom is 0.309 e. The number of hydrogen-bond donors (Lipinski definition) is 0. The van der Waals surface area contributed by atoms with Gasteiger partial charge in [0.25, 0.3) is 5.91 Å².